The third kappa shape index (κ3) is 3.39. The van der Waals surface area contributed by atoms with Gasteiger partial charge in [0.15, 0.2) is 0 Å². The first-order valence-corrected chi connectivity index (χ1v) is 9.54. The third-order valence-electron chi connectivity index (χ3n) is 4.85. The summed E-state index contributed by atoms with van der Waals surface area (Å²) in [4.78, 5) is 4.70. The summed E-state index contributed by atoms with van der Waals surface area (Å²) in [6, 6.07) is 8.51. The number of rotatable bonds is 4. The molecule has 0 saturated heterocycles. The van der Waals surface area contributed by atoms with Crippen molar-refractivity contribution in [2.75, 3.05) is 0 Å². The average Bonchev–Trinajstić information content (AvgIpc) is 2.57. The van der Waals surface area contributed by atoms with Crippen LogP contribution in [0.2, 0.25) is 0 Å². The lowest BCUT2D eigenvalue weighted by Gasteiger charge is -2.28. The van der Waals surface area contributed by atoms with Crippen LogP contribution in [0.1, 0.15) is 51.6 Å². The maximum atomic E-state index is 6.31. The predicted molar refractivity (Wildman–Crippen MR) is 101 cm³/mol. The number of fused-ring (bicyclic) bond motifs is 1. The normalized spacial score (nSPS) is 22.0. The first kappa shape index (κ1) is 16.0. The largest absolute Gasteiger partial charge is 0.489 e. The number of aryl methyl sites for hydroxylation is 1. The van der Waals surface area contributed by atoms with Crippen molar-refractivity contribution in [3.05, 3.63) is 33.5 Å². The zero-order valence-corrected chi connectivity index (χ0v) is 15.6. The molecule has 3 heteroatoms. The fourth-order valence-electron chi connectivity index (χ4n) is 3.32. The average molecular weight is 409 g/mol. The van der Waals surface area contributed by atoms with Crippen molar-refractivity contribution in [3.8, 4) is 5.75 Å². The van der Waals surface area contributed by atoms with E-state index in [1.807, 2.05) is 0 Å². The van der Waals surface area contributed by atoms with E-state index in [-0.39, 0.29) is 0 Å². The molecule has 0 N–H and O–H groups in total. The van der Waals surface area contributed by atoms with Crippen molar-refractivity contribution in [1.82, 2.24) is 4.98 Å². The van der Waals surface area contributed by atoms with Gasteiger partial charge < -0.3 is 4.74 Å². The molecule has 2 nitrogen and oxygen atoms in total. The maximum Gasteiger partial charge on any atom is 0.133 e. The van der Waals surface area contributed by atoms with Crippen LogP contribution < -0.4 is 4.74 Å². The molecule has 1 heterocycles. The minimum Gasteiger partial charge on any atom is -0.489 e. The Balaban J connectivity index is 1.78. The molecule has 118 valence electrons. The van der Waals surface area contributed by atoms with E-state index in [9.17, 15) is 0 Å². The molecular formula is C19H24INO. The number of nitrogens with zero attached hydrogens (tertiary/aromatic N) is 1. The zero-order valence-electron chi connectivity index (χ0n) is 13.4. The van der Waals surface area contributed by atoms with E-state index in [0.29, 0.717) is 6.10 Å². The number of ether oxygens (including phenoxy) is 1. The molecule has 0 bridgehead atoms. The Labute approximate surface area is 146 Å². The lowest BCUT2D eigenvalue weighted by atomic mass is 9.86. The second kappa shape index (κ2) is 7.16. The number of hydrogen-bond donors (Lipinski definition) is 0. The van der Waals surface area contributed by atoms with Crippen LogP contribution in [0.5, 0.6) is 5.75 Å². The molecule has 2 aromatic rings. The summed E-state index contributed by atoms with van der Waals surface area (Å²) in [6.45, 7) is 4.44. The molecule has 1 aliphatic carbocycles. The Hall–Kier alpha value is -0.840. The fraction of sp³-hybridized carbons (Fsp3) is 0.526. The summed E-state index contributed by atoms with van der Waals surface area (Å²) in [5.41, 5.74) is 2.22. The molecule has 1 fully saturated rings. The van der Waals surface area contributed by atoms with E-state index < -0.39 is 0 Å². The van der Waals surface area contributed by atoms with E-state index in [4.69, 9.17) is 9.72 Å². The van der Waals surface area contributed by atoms with E-state index in [2.05, 4.69) is 60.7 Å². The summed E-state index contributed by atoms with van der Waals surface area (Å²) in [6.07, 6.45) is 7.69. The van der Waals surface area contributed by atoms with Gasteiger partial charge in [-0.25, -0.2) is 0 Å². The van der Waals surface area contributed by atoms with Gasteiger partial charge in [-0.2, -0.15) is 0 Å². The minimum atomic E-state index is 0.386. The summed E-state index contributed by atoms with van der Waals surface area (Å²) in [7, 11) is 0. The second-order valence-electron chi connectivity index (χ2n) is 6.27. The summed E-state index contributed by atoms with van der Waals surface area (Å²) < 4.78 is 7.51. The monoisotopic (exact) mass is 409 g/mol. The summed E-state index contributed by atoms with van der Waals surface area (Å²) >= 11 is 2.41. The van der Waals surface area contributed by atoms with Crippen molar-refractivity contribution >= 4 is 33.5 Å². The van der Waals surface area contributed by atoms with Gasteiger partial charge >= 0.3 is 0 Å². The van der Waals surface area contributed by atoms with Gasteiger partial charge in [-0.1, -0.05) is 20.3 Å². The maximum absolute atomic E-state index is 6.31. The van der Waals surface area contributed by atoms with Crippen molar-refractivity contribution in [2.45, 2.75) is 58.5 Å². The molecule has 0 aliphatic heterocycles. The summed E-state index contributed by atoms with van der Waals surface area (Å²) in [5.74, 6) is 1.94. The van der Waals surface area contributed by atoms with Crippen LogP contribution in [-0.4, -0.2) is 11.1 Å². The molecular weight excluding hydrogens is 385 g/mol. The second-order valence-corrected chi connectivity index (χ2v) is 7.35. The molecule has 0 radical (unpaired) electrons. The lowest BCUT2D eigenvalue weighted by Crippen LogP contribution is -2.24. The minimum absolute atomic E-state index is 0.386. The van der Waals surface area contributed by atoms with Crippen LogP contribution in [0.25, 0.3) is 10.9 Å². The molecule has 1 aromatic heterocycles. The van der Waals surface area contributed by atoms with Crippen LogP contribution in [0.15, 0.2) is 24.3 Å². The van der Waals surface area contributed by atoms with Crippen LogP contribution >= 0.6 is 22.6 Å². The molecule has 22 heavy (non-hydrogen) atoms. The van der Waals surface area contributed by atoms with Gasteiger partial charge in [-0.05, 0) is 84.9 Å². The van der Waals surface area contributed by atoms with Crippen LogP contribution in [0, 0.1) is 9.49 Å². The molecule has 0 amide bonds. The molecule has 0 unspecified atom stereocenters. The molecule has 0 atom stereocenters. The van der Waals surface area contributed by atoms with E-state index in [0.717, 1.165) is 29.3 Å². The van der Waals surface area contributed by atoms with Gasteiger partial charge in [0.2, 0.25) is 0 Å². The van der Waals surface area contributed by atoms with Crippen molar-refractivity contribution in [2.24, 2.45) is 5.92 Å². The van der Waals surface area contributed by atoms with Gasteiger partial charge in [0, 0.05) is 11.1 Å². The smallest absolute Gasteiger partial charge is 0.133 e. The fourth-order valence-corrected chi connectivity index (χ4v) is 4.08. The quantitative estimate of drug-likeness (QED) is 0.600. The lowest BCUT2D eigenvalue weighted by molar-refractivity contribution is 0.129. The standard InChI is InChI=1S/C19H24INO/c1-3-13-5-8-15(9-6-13)22-18-12-11-17-16(19(18)20)10-7-14(4-2)21-17/h7,10-13,15H,3-6,8-9H2,1-2H3. The van der Waals surface area contributed by atoms with Crippen LogP contribution in [-0.2, 0) is 6.42 Å². The van der Waals surface area contributed by atoms with E-state index >= 15 is 0 Å². The van der Waals surface area contributed by atoms with Gasteiger partial charge in [0.05, 0.1) is 15.2 Å². The van der Waals surface area contributed by atoms with Gasteiger partial charge in [0.1, 0.15) is 5.75 Å². The Morgan fingerprint density at radius 3 is 2.55 bits per heavy atom. The first-order valence-electron chi connectivity index (χ1n) is 8.46. The number of pyridine rings is 1. The Morgan fingerprint density at radius 2 is 1.86 bits per heavy atom. The van der Waals surface area contributed by atoms with Crippen LogP contribution in [0.4, 0.5) is 0 Å². The predicted octanol–water partition coefficient (Wildman–Crippen LogP) is 5.75. The Kier molecular flexibility index (Phi) is 5.21. The molecule has 3 rings (SSSR count). The highest BCUT2D eigenvalue weighted by Gasteiger charge is 2.22. The SMILES string of the molecule is CCc1ccc2c(I)c(OC3CCC(CC)CC3)ccc2n1. The molecule has 1 aromatic carbocycles. The first-order chi connectivity index (χ1) is 10.7. The van der Waals surface area contributed by atoms with E-state index in [1.54, 1.807) is 0 Å². The Morgan fingerprint density at radius 1 is 1.09 bits per heavy atom. The van der Waals surface area contributed by atoms with Gasteiger partial charge in [-0.3, -0.25) is 4.98 Å². The molecule has 0 spiro atoms. The van der Waals surface area contributed by atoms with Crippen LogP contribution in [0.3, 0.4) is 0 Å². The molecule has 1 aliphatic rings. The highest BCUT2D eigenvalue weighted by Crippen LogP contribution is 2.33. The third-order valence-corrected chi connectivity index (χ3v) is 5.97. The van der Waals surface area contributed by atoms with Gasteiger partial charge in [0.25, 0.3) is 0 Å². The number of benzene rings is 1. The Bertz CT molecular complexity index is 647. The number of halogens is 1. The topological polar surface area (TPSA) is 22.1 Å². The van der Waals surface area contributed by atoms with Crippen molar-refractivity contribution < 1.29 is 4.74 Å². The number of hydrogen-bond acceptors (Lipinski definition) is 2. The highest BCUT2D eigenvalue weighted by molar-refractivity contribution is 14.1. The van der Waals surface area contributed by atoms with Gasteiger partial charge in [-0.15, -0.1) is 0 Å². The molecule has 1 saturated carbocycles. The summed E-state index contributed by atoms with van der Waals surface area (Å²) in [5, 5.41) is 1.21. The van der Waals surface area contributed by atoms with E-state index in [1.165, 1.54) is 41.1 Å². The van der Waals surface area contributed by atoms with Crippen molar-refractivity contribution in [3.63, 3.8) is 0 Å². The zero-order chi connectivity index (χ0) is 15.5. The number of aromatic nitrogens is 1. The highest BCUT2D eigenvalue weighted by atomic mass is 127. The van der Waals surface area contributed by atoms with Crippen molar-refractivity contribution in [1.29, 1.82) is 0 Å².